The lowest BCUT2D eigenvalue weighted by Crippen LogP contribution is -2.32. The quantitative estimate of drug-likeness (QED) is 0.649. The maximum Gasteiger partial charge on any atom is 0.433 e. The van der Waals surface area contributed by atoms with Crippen molar-refractivity contribution in [3.8, 4) is 11.5 Å². The Labute approximate surface area is 135 Å². The first-order valence-electron chi connectivity index (χ1n) is 7.24. The lowest BCUT2D eigenvalue weighted by molar-refractivity contribution is -0.195. The molecule has 24 heavy (non-hydrogen) atoms. The van der Waals surface area contributed by atoms with Gasteiger partial charge in [0.05, 0.1) is 0 Å². The summed E-state index contributed by atoms with van der Waals surface area (Å²) in [4.78, 5) is 0. The zero-order valence-corrected chi connectivity index (χ0v) is 12.8. The zero-order valence-electron chi connectivity index (χ0n) is 12.8. The summed E-state index contributed by atoms with van der Waals surface area (Å²) < 4.78 is 75.9. The summed E-state index contributed by atoms with van der Waals surface area (Å²) in [7, 11) is 0. The van der Waals surface area contributed by atoms with Gasteiger partial charge in [-0.2, -0.15) is 8.78 Å². The molecule has 0 unspecified atom stereocenters. The van der Waals surface area contributed by atoms with Gasteiger partial charge in [-0.05, 0) is 36.2 Å². The predicted molar refractivity (Wildman–Crippen MR) is 77.8 cm³/mol. The van der Waals surface area contributed by atoms with Gasteiger partial charge in [0, 0.05) is 6.07 Å². The Morgan fingerprint density at radius 2 is 1.67 bits per heavy atom. The third-order valence-corrected chi connectivity index (χ3v) is 3.09. The second-order valence-corrected chi connectivity index (χ2v) is 5.12. The van der Waals surface area contributed by atoms with Crippen LogP contribution in [-0.2, 0) is 6.42 Å². The zero-order chi connectivity index (χ0) is 17.7. The fourth-order valence-corrected chi connectivity index (χ4v) is 2.01. The molecule has 130 valence electrons. The normalized spacial score (nSPS) is 11.4. The second kappa shape index (κ2) is 7.51. The van der Waals surface area contributed by atoms with Crippen LogP contribution in [0.2, 0.25) is 0 Å². The van der Waals surface area contributed by atoms with Crippen molar-refractivity contribution in [1.29, 1.82) is 0 Å². The van der Waals surface area contributed by atoms with Crippen molar-refractivity contribution in [2.75, 3.05) is 6.61 Å². The molecule has 0 radical (unpaired) electrons. The van der Waals surface area contributed by atoms with E-state index in [-0.39, 0.29) is 5.75 Å². The van der Waals surface area contributed by atoms with E-state index in [1.165, 1.54) is 12.1 Å². The van der Waals surface area contributed by atoms with E-state index in [1.807, 2.05) is 6.92 Å². The number of hydrogen-bond acceptors (Lipinski definition) is 2. The topological polar surface area (TPSA) is 18.5 Å². The van der Waals surface area contributed by atoms with Crippen LogP contribution in [-0.4, -0.2) is 12.7 Å². The van der Waals surface area contributed by atoms with Crippen LogP contribution >= 0.6 is 0 Å². The predicted octanol–water partition coefficient (Wildman–Crippen LogP) is 5.11. The number of hydrogen-bond donors (Lipinski definition) is 0. The number of rotatable bonds is 7. The number of ether oxygens (including phenoxy) is 2. The van der Waals surface area contributed by atoms with E-state index in [9.17, 15) is 22.0 Å². The molecule has 0 atom stereocenters. The standard InChI is InChI=1S/C17H15F5O2/c1-2-3-11-4-7-16(15(20)8-11)23-10-17(21,22)24-12-5-6-13(18)14(19)9-12/h4-9H,2-3,10H2,1H3. The summed E-state index contributed by atoms with van der Waals surface area (Å²) in [5.41, 5.74) is 0.729. The molecule has 2 aromatic rings. The van der Waals surface area contributed by atoms with Gasteiger partial charge in [-0.25, -0.2) is 13.2 Å². The highest BCUT2D eigenvalue weighted by Gasteiger charge is 2.33. The molecule has 0 saturated heterocycles. The van der Waals surface area contributed by atoms with Gasteiger partial charge in [0.2, 0.25) is 0 Å². The molecule has 0 spiro atoms. The third-order valence-electron chi connectivity index (χ3n) is 3.09. The van der Waals surface area contributed by atoms with Gasteiger partial charge >= 0.3 is 6.11 Å². The molecular formula is C17H15F5O2. The van der Waals surface area contributed by atoms with Crippen LogP contribution in [0, 0.1) is 17.5 Å². The first-order valence-corrected chi connectivity index (χ1v) is 7.24. The molecule has 2 nitrogen and oxygen atoms in total. The lowest BCUT2D eigenvalue weighted by atomic mass is 10.1. The highest BCUT2D eigenvalue weighted by Crippen LogP contribution is 2.26. The van der Waals surface area contributed by atoms with Gasteiger partial charge < -0.3 is 9.47 Å². The average molecular weight is 346 g/mol. The molecule has 2 rings (SSSR count). The summed E-state index contributed by atoms with van der Waals surface area (Å²) in [6.07, 6.45) is -2.37. The minimum Gasteiger partial charge on any atom is -0.480 e. The monoisotopic (exact) mass is 346 g/mol. The molecule has 0 amide bonds. The SMILES string of the molecule is CCCc1ccc(OCC(F)(F)Oc2ccc(F)c(F)c2)c(F)c1. The van der Waals surface area contributed by atoms with Crippen molar-refractivity contribution < 1.29 is 31.4 Å². The summed E-state index contributed by atoms with van der Waals surface area (Å²) in [6.45, 7) is 0.647. The largest absolute Gasteiger partial charge is 0.480 e. The lowest BCUT2D eigenvalue weighted by Gasteiger charge is -2.19. The molecule has 0 fully saturated rings. The average Bonchev–Trinajstić information content (AvgIpc) is 2.50. The Kier molecular flexibility index (Phi) is 5.64. The minimum atomic E-state index is -3.85. The maximum absolute atomic E-state index is 13.8. The highest BCUT2D eigenvalue weighted by atomic mass is 19.3. The molecule has 0 aliphatic heterocycles. The molecule has 0 aliphatic rings. The van der Waals surface area contributed by atoms with Crippen molar-refractivity contribution in [2.24, 2.45) is 0 Å². The van der Waals surface area contributed by atoms with E-state index >= 15 is 0 Å². The second-order valence-electron chi connectivity index (χ2n) is 5.12. The number of benzene rings is 2. The van der Waals surface area contributed by atoms with Gasteiger partial charge in [-0.1, -0.05) is 19.4 Å². The molecule has 0 heterocycles. The van der Waals surface area contributed by atoms with Crippen LogP contribution in [0.3, 0.4) is 0 Å². The Balaban J connectivity index is 2.00. The van der Waals surface area contributed by atoms with Gasteiger partial charge in [-0.15, -0.1) is 0 Å². The van der Waals surface area contributed by atoms with Crippen LogP contribution in [0.4, 0.5) is 22.0 Å². The van der Waals surface area contributed by atoms with E-state index in [0.29, 0.717) is 18.6 Å². The Morgan fingerprint density at radius 1 is 0.917 bits per heavy atom. The van der Waals surface area contributed by atoms with Gasteiger partial charge in [0.15, 0.2) is 29.8 Å². The first kappa shape index (κ1) is 18.0. The minimum absolute atomic E-state index is 0.344. The number of halogens is 5. The third kappa shape index (κ3) is 4.84. The Bertz CT molecular complexity index is 703. The first-order chi connectivity index (χ1) is 11.3. The maximum atomic E-state index is 13.8. The molecule has 0 aliphatic carbocycles. The summed E-state index contributed by atoms with van der Waals surface area (Å²) in [5, 5.41) is 0. The molecule has 7 heteroatoms. The number of alkyl halides is 2. The molecule has 2 aromatic carbocycles. The van der Waals surface area contributed by atoms with Crippen LogP contribution < -0.4 is 9.47 Å². The van der Waals surface area contributed by atoms with E-state index in [0.717, 1.165) is 18.1 Å². The summed E-state index contributed by atoms with van der Waals surface area (Å²) in [5.74, 6) is -4.17. The van der Waals surface area contributed by atoms with Crippen molar-refractivity contribution in [3.05, 3.63) is 59.4 Å². The van der Waals surface area contributed by atoms with Crippen LogP contribution in [0.15, 0.2) is 36.4 Å². The number of aryl methyl sites for hydroxylation is 1. The molecular weight excluding hydrogens is 331 g/mol. The molecule has 0 aromatic heterocycles. The van der Waals surface area contributed by atoms with Crippen LogP contribution in [0.5, 0.6) is 11.5 Å². The highest BCUT2D eigenvalue weighted by molar-refractivity contribution is 5.29. The molecule has 0 saturated carbocycles. The van der Waals surface area contributed by atoms with E-state index < -0.39 is 35.9 Å². The summed E-state index contributed by atoms with van der Waals surface area (Å²) >= 11 is 0. The fraction of sp³-hybridized carbons (Fsp3) is 0.294. The van der Waals surface area contributed by atoms with Crippen molar-refractivity contribution >= 4 is 0 Å². The van der Waals surface area contributed by atoms with Gasteiger partial charge in [0.1, 0.15) is 5.75 Å². The molecule has 0 bridgehead atoms. The van der Waals surface area contributed by atoms with Crippen molar-refractivity contribution in [1.82, 2.24) is 0 Å². The molecule has 0 N–H and O–H groups in total. The van der Waals surface area contributed by atoms with Crippen molar-refractivity contribution in [2.45, 2.75) is 25.9 Å². The fourth-order valence-electron chi connectivity index (χ4n) is 2.01. The Hall–Kier alpha value is -2.31. The van der Waals surface area contributed by atoms with E-state index in [4.69, 9.17) is 4.74 Å². The Morgan fingerprint density at radius 3 is 2.29 bits per heavy atom. The van der Waals surface area contributed by atoms with Crippen molar-refractivity contribution in [3.63, 3.8) is 0 Å². The van der Waals surface area contributed by atoms with Gasteiger partial charge in [0.25, 0.3) is 0 Å². The van der Waals surface area contributed by atoms with E-state index in [1.54, 1.807) is 6.07 Å². The smallest absolute Gasteiger partial charge is 0.433 e. The summed E-state index contributed by atoms with van der Waals surface area (Å²) in [6, 6.07) is 6.06. The van der Waals surface area contributed by atoms with Gasteiger partial charge in [-0.3, -0.25) is 0 Å². The van der Waals surface area contributed by atoms with E-state index in [2.05, 4.69) is 4.74 Å². The van der Waals surface area contributed by atoms with Crippen LogP contribution in [0.25, 0.3) is 0 Å². The van der Waals surface area contributed by atoms with Crippen LogP contribution in [0.1, 0.15) is 18.9 Å².